The molecule has 1 amide bonds. The Morgan fingerprint density at radius 1 is 1.23 bits per heavy atom. The van der Waals surface area contributed by atoms with Gasteiger partial charge in [0.25, 0.3) is 0 Å². The molecule has 0 bridgehead atoms. The molecule has 7 heteroatoms. The van der Waals surface area contributed by atoms with Crippen LogP contribution in [0, 0.1) is 13.8 Å². The van der Waals surface area contributed by atoms with Gasteiger partial charge in [-0.3, -0.25) is 14.2 Å². The Labute approximate surface area is 160 Å². The highest BCUT2D eigenvalue weighted by molar-refractivity contribution is 8.00. The van der Waals surface area contributed by atoms with Crippen LogP contribution in [0.15, 0.2) is 46.8 Å². The number of rotatable bonds is 6. The largest absolute Gasteiger partial charge is 0.326 e. The molecule has 2 heterocycles. The average Bonchev–Trinajstić information content (AvgIpc) is 3.21. The number of thiazole rings is 1. The lowest BCUT2D eigenvalue weighted by Gasteiger charge is -2.06. The summed E-state index contributed by atoms with van der Waals surface area (Å²) in [5.74, 6) is 0.356. The summed E-state index contributed by atoms with van der Waals surface area (Å²) >= 11 is 3.04. The number of amides is 1. The lowest BCUT2D eigenvalue weighted by atomic mass is 10.2. The normalized spacial score (nSPS) is 10.7. The number of nitrogens with one attached hydrogen (secondary N) is 1. The van der Waals surface area contributed by atoms with Crippen LogP contribution in [0.2, 0.25) is 0 Å². The van der Waals surface area contributed by atoms with Crippen LogP contribution in [0.1, 0.15) is 28.7 Å². The van der Waals surface area contributed by atoms with Gasteiger partial charge in [0.2, 0.25) is 5.91 Å². The summed E-state index contributed by atoms with van der Waals surface area (Å²) in [6.07, 6.45) is 1.76. The molecule has 0 atom stereocenters. The van der Waals surface area contributed by atoms with E-state index in [0.717, 1.165) is 32.7 Å². The van der Waals surface area contributed by atoms with E-state index in [4.69, 9.17) is 0 Å². The monoisotopic (exact) mass is 385 g/mol. The van der Waals surface area contributed by atoms with E-state index < -0.39 is 0 Å². The van der Waals surface area contributed by atoms with Gasteiger partial charge in [-0.1, -0.05) is 0 Å². The van der Waals surface area contributed by atoms with E-state index >= 15 is 0 Å². The molecule has 0 saturated heterocycles. The number of hydrogen-bond acceptors (Lipinski definition) is 5. The van der Waals surface area contributed by atoms with Crippen LogP contribution >= 0.6 is 23.1 Å². The Bertz CT molecular complexity index is 929. The van der Waals surface area contributed by atoms with Gasteiger partial charge in [0.1, 0.15) is 0 Å². The minimum Gasteiger partial charge on any atom is -0.326 e. The minimum atomic E-state index is -0.101. The van der Waals surface area contributed by atoms with Crippen molar-refractivity contribution in [2.45, 2.75) is 25.7 Å². The summed E-state index contributed by atoms with van der Waals surface area (Å²) in [6, 6.07) is 9.41. The zero-order chi connectivity index (χ0) is 18.7. The second kappa shape index (κ2) is 7.88. The third-order valence-corrected chi connectivity index (χ3v) is 5.66. The third kappa shape index (κ3) is 4.05. The molecular weight excluding hydrogens is 366 g/mol. The summed E-state index contributed by atoms with van der Waals surface area (Å²) in [4.78, 5) is 29.1. The molecule has 0 aliphatic heterocycles. The number of hydrogen-bond donors (Lipinski definition) is 1. The van der Waals surface area contributed by atoms with E-state index in [1.807, 2.05) is 54.1 Å². The molecule has 0 aliphatic rings. The van der Waals surface area contributed by atoms with E-state index in [9.17, 15) is 9.59 Å². The van der Waals surface area contributed by atoms with Gasteiger partial charge in [-0.2, -0.15) is 0 Å². The zero-order valence-electron chi connectivity index (χ0n) is 14.8. The number of carbonyl (C=O) groups excluding carboxylic acids is 2. The van der Waals surface area contributed by atoms with Crippen LogP contribution in [-0.4, -0.2) is 27.0 Å². The number of ketones is 1. The predicted molar refractivity (Wildman–Crippen MR) is 107 cm³/mol. The molecule has 1 N–H and O–H groups in total. The lowest BCUT2D eigenvalue weighted by Crippen LogP contribution is -2.06. The Hall–Kier alpha value is -2.38. The lowest BCUT2D eigenvalue weighted by molar-refractivity contribution is -0.114. The number of anilines is 1. The Morgan fingerprint density at radius 2 is 1.96 bits per heavy atom. The first-order chi connectivity index (χ1) is 12.5. The fraction of sp³-hybridized carbons (Fsp3) is 0.211. The van der Waals surface area contributed by atoms with Crippen LogP contribution in [0.25, 0.3) is 5.13 Å². The maximum atomic E-state index is 12.7. The van der Waals surface area contributed by atoms with Crippen LogP contribution in [0.5, 0.6) is 0 Å². The predicted octanol–water partition coefficient (Wildman–Crippen LogP) is 4.48. The summed E-state index contributed by atoms with van der Waals surface area (Å²) < 4.78 is 2.02. The quantitative estimate of drug-likeness (QED) is 0.502. The third-order valence-electron chi connectivity index (χ3n) is 3.89. The van der Waals surface area contributed by atoms with Crippen molar-refractivity contribution in [1.82, 2.24) is 9.55 Å². The number of thioether (sulfide) groups is 1. The zero-order valence-corrected chi connectivity index (χ0v) is 16.4. The molecule has 2 aromatic heterocycles. The molecule has 0 fully saturated rings. The number of carbonyl (C=O) groups is 2. The number of aromatic nitrogens is 2. The summed E-state index contributed by atoms with van der Waals surface area (Å²) in [5, 5.41) is 5.53. The van der Waals surface area contributed by atoms with Gasteiger partial charge >= 0.3 is 0 Å². The minimum absolute atomic E-state index is 0.0943. The van der Waals surface area contributed by atoms with Gasteiger partial charge in [0, 0.05) is 46.0 Å². The van der Waals surface area contributed by atoms with Gasteiger partial charge in [0.15, 0.2) is 10.9 Å². The maximum Gasteiger partial charge on any atom is 0.221 e. The topological polar surface area (TPSA) is 64.0 Å². The number of aryl methyl sites for hydroxylation is 1. The number of nitrogens with zero attached hydrogens (tertiary/aromatic N) is 2. The van der Waals surface area contributed by atoms with Crippen molar-refractivity contribution in [3.8, 4) is 5.13 Å². The molecular formula is C19H19N3O2S2. The van der Waals surface area contributed by atoms with Gasteiger partial charge < -0.3 is 5.32 Å². The first kappa shape index (κ1) is 18.4. The molecule has 5 nitrogen and oxygen atoms in total. The standard InChI is InChI=1S/C19H19N3O2S2/c1-12-10-17(13(2)22(12)19-20-8-9-25-19)18(24)11-26-16-6-4-15(5-7-16)21-14(3)23/h4-10H,11H2,1-3H3,(H,21,23). The summed E-state index contributed by atoms with van der Waals surface area (Å²) in [5.41, 5.74) is 3.41. The van der Waals surface area contributed by atoms with Gasteiger partial charge in [0.05, 0.1) is 5.75 Å². The van der Waals surface area contributed by atoms with E-state index in [-0.39, 0.29) is 11.7 Å². The van der Waals surface area contributed by atoms with Gasteiger partial charge in [-0.25, -0.2) is 4.98 Å². The van der Waals surface area contributed by atoms with Crippen molar-refractivity contribution in [3.05, 3.63) is 58.9 Å². The summed E-state index contributed by atoms with van der Waals surface area (Å²) in [7, 11) is 0. The van der Waals surface area contributed by atoms with Crippen molar-refractivity contribution < 1.29 is 9.59 Å². The van der Waals surface area contributed by atoms with Crippen LogP contribution in [0.4, 0.5) is 5.69 Å². The molecule has 26 heavy (non-hydrogen) atoms. The molecule has 1 aromatic carbocycles. The fourth-order valence-electron chi connectivity index (χ4n) is 2.73. The van der Waals surface area contributed by atoms with Crippen LogP contribution in [0.3, 0.4) is 0 Å². The van der Waals surface area contributed by atoms with Gasteiger partial charge in [-0.05, 0) is 44.2 Å². The fourth-order valence-corrected chi connectivity index (χ4v) is 4.26. The highest BCUT2D eigenvalue weighted by Crippen LogP contribution is 2.25. The summed E-state index contributed by atoms with van der Waals surface area (Å²) in [6.45, 7) is 5.41. The van der Waals surface area contributed by atoms with Crippen molar-refractivity contribution >= 4 is 40.5 Å². The van der Waals surface area contributed by atoms with Crippen LogP contribution < -0.4 is 5.32 Å². The maximum absolute atomic E-state index is 12.7. The van der Waals surface area contributed by atoms with E-state index in [1.165, 1.54) is 18.7 Å². The van der Waals surface area contributed by atoms with E-state index in [0.29, 0.717) is 5.75 Å². The van der Waals surface area contributed by atoms with E-state index in [1.54, 1.807) is 17.5 Å². The second-order valence-electron chi connectivity index (χ2n) is 5.85. The molecule has 0 radical (unpaired) electrons. The molecule has 0 unspecified atom stereocenters. The van der Waals surface area contributed by atoms with Crippen molar-refractivity contribution in [2.75, 3.05) is 11.1 Å². The van der Waals surface area contributed by atoms with E-state index in [2.05, 4.69) is 10.3 Å². The molecule has 0 saturated carbocycles. The Morgan fingerprint density at radius 3 is 2.58 bits per heavy atom. The molecule has 3 rings (SSSR count). The van der Waals surface area contributed by atoms with Crippen molar-refractivity contribution in [2.24, 2.45) is 0 Å². The molecule has 0 aliphatic carbocycles. The first-order valence-corrected chi connectivity index (χ1v) is 9.94. The average molecular weight is 386 g/mol. The molecule has 3 aromatic rings. The first-order valence-electron chi connectivity index (χ1n) is 8.08. The number of benzene rings is 1. The smallest absolute Gasteiger partial charge is 0.221 e. The Balaban J connectivity index is 1.69. The highest BCUT2D eigenvalue weighted by atomic mass is 32.2. The van der Waals surface area contributed by atoms with Gasteiger partial charge in [-0.15, -0.1) is 23.1 Å². The second-order valence-corrected chi connectivity index (χ2v) is 7.77. The van der Waals surface area contributed by atoms with Crippen molar-refractivity contribution in [3.63, 3.8) is 0 Å². The molecule has 0 spiro atoms. The van der Waals surface area contributed by atoms with Crippen LogP contribution in [-0.2, 0) is 4.79 Å². The SMILES string of the molecule is CC(=O)Nc1ccc(SCC(=O)c2cc(C)n(-c3nccs3)c2C)cc1. The highest BCUT2D eigenvalue weighted by Gasteiger charge is 2.17. The Kier molecular flexibility index (Phi) is 5.58. The molecule has 134 valence electrons. The van der Waals surface area contributed by atoms with Crippen molar-refractivity contribution in [1.29, 1.82) is 0 Å². The number of Topliss-reactive ketones (excluding diaryl/α,β-unsaturated/α-hetero) is 1.